The van der Waals surface area contributed by atoms with E-state index >= 15 is 0 Å². The van der Waals surface area contributed by atoms with E-state index in [1.807, 2.05) is 60.7 Å². The molecule has 3 nitrogen and oxygen atoms in total. The predicted octanol–water partition coefficient (Wildman–Crippen LogP) is 4.67. The Kier molecular flexibility index (Phi) is 4.75. The Balaban J connectivity index is 1.98. The molecule has 0 N–H and O–H groups in total. The standard InChI is InChI=1S/C17H16N2OS2/c20-16(18-12-7-13-22-17(18)21)19(14-8-3-1-4-9-14)15-10-5-2-6-11-15/h1-6,8-11H,7,12-13H2. The van der Waals surface area contributed by atoms with Gasteiger partial charge in [-0.25, -0.2) is 4.79 Å². The van der Waals surface area contributed by atoms with Crippen molar-refractivity contribution >= 4 is 45.7 Å². The lowest BCUT2D eigenvalue weighted by Crippen LogP contribution is -2.45. The van der Waals surface area contributed by atoms with Gasteiger partial charge in [-0.2, -0.15) is 0 Å². The molecule has 1 aliphatic rings. The van der Waals surface area contributed by atoms with Crippen molar-refractivity contribution in [1.82, 2.24) is 4.90 Å². The summed E-state index contributed by atoms with van der Waals surface area (Å²) >= 11 is 6.94. The topological polar surface area (TPSA) is 23.6 Å². The van der Waals surface area contributed by atoms with Crippen LogP contribution in [0.1, 0.15) is 6.42 Å². The van der Waals surface area contributed by atoms with E-state index in [4.69, 9.17) is 12.2 Å². The normalized spacial score (nSPS) is 14.7. The Labute approximate surface area is 139 Å². The van der Waals surface area contributed by atoms with Gasteiger partial charge in [0.2, 0.25) is 0 Å². The molecule has 0 atom stereocenters. The summed E-state index contributed by atoms with van der Waals surface area (Å²) in [4.78, 5) is 16.5. The number of hydrogen-bond acceptors (Lipinski definition) is 3. The van der Waals surface area contributed by atoms with Crippen molar-refractivity contribution in [3.63, 3.8) is 0 Å². The van der Waals surface area contributed by atoms with E-state index in [0.29, 0.717) is 10.9 Å². The maximum absolute atomic E-state index is 13.1. The number of thiocarbonyl (C=S) groups is 1. The number of anilines is 2. The van der Waals surface area contributed by atoms with E-state index < -0.39 is 0 Å². The molecule has 0 unspecified atom stereocenters. The molecule has 112 valence electrons. The molecule has 1 aliphatic heterocycles. The highest BCUT2D eigenvalue weighted by atomic mass is 32.2. The third-order valence-corrected chi connectivity index (χ3v) is 4.96. The zero-order valence-electron chi connectivity index (χ0n) is 12.0. The van der Waals surface area contributed by atoms with Crippen LogP contribution in [0.25, 0.3) is 0 Å². The number of carbonyl (C=O) groups is 1. The van der Waals surface area contributed by atoms with Crippen LogP contribution in [-0.4, -0.2) is 27.5 Å². The van der Waals surface area contributed by atoms with Crippen LogP contribution in [0.2, 0.25) is 0 Å². The molecule has 1 saturated heterocycles. The lowest BCUT2D eigenvalue weighted by Gasteiger charge is -2.32. The minimum Gasteiger partial charge on any atom is -0.279 e. The Morgan fingerprint density at radius 2 is 1.55 bits per heavy atom. The molecule has 0 spiro atoms. The Hall–Kier alpha value is -1.85. The molecule has 0 saturated carbocycles. The third kappa shape index (κ3) is 3.15. The van der Waals surface area contributed by atoms with Gasteiger partial charge < -0.3 is 0 Å². The first kappa shape index (κ1) is 15.1. The minimum atomic E-state index is -0.0883. The Bertz CT molecular complexity index is 621. The number of urea groups is 1. The van der Waals surface area contributed by atoms with E-state index in [-0.39, 0.29) is 6.03 Å². The molecule has 0 bridgehead atoms. The van der Waals surface area contributed by atoms with Crippen molar-refractivity contribution in [1.29, 1.82) is 0 Å². The number of para-hydroxylation sites is 2. The molecule has 3 rings (SSSR count). The average Bonchev–Trinajstić information content (AvgIpc) is 2.57. The van der Waals surface area contributed by atoms with E-state index in [0.717, 1.165) is 23.5 Å². The second-order valence-corrected chi connectivity index (χ2v) is 6.64. The average molecular weight is 328 g/mol. The van der Waals surface area contributed by atoms with Gasteiger partial charge in [-0.05, 0) is 30.7 Å². The number of carbonyl (C=O) groups excluding carboxylic acids is 1. The van der Waals surface area contributed by atoms with Crippen molar-refractivity contribution in [3.05, 3.63) is 60.7 Å². The van der Waals surface area contributed by atoms with Gasteiger partial charge in [0.15, 0.2) is 0 Å². The summed E-state index contributed by atoms with van der Waals surface area (Å²) in [5, 5.41) is 0. The first-order chi connectivity index (χ1) is 10.8. The zero-order chi connectivity index (χ0) is 15.4. The van der Waals surface area contributed by atoms with Crippen LogP contribution in [-0.2, 0) is 0 Å². The number of rotatable bonds is 2. The van der Waals surface area contributed by atoms with Crippen LogP contribution < -0.4 is 4.90 Å². The first-order valence-electron chi connectivity index (χ1n) is 7.16. The molecule has 2 aromatic carbocycles. The summed E-state index contributed by atoms with van der Waals surface area (Å²) < 4.78 is 0.660. The molecule has 1 fully saturated rings. The van der Waals surface area contributed by atoms with Crippen molar-refractivity contribution < 1.29 is 4.79 Å². The van der Waals surface area contributed by atoms with E-state index in [9.17, 15) is 4.79 Å². The molecular weight excluding hydrogens is 312 g/mol. The highest BCUT2D eigenvalue weighted by Crippen LogP contribution is 2.28. The van der Waals surface area contributed by atoms with Gasteiger partial charge in [0.1, 0.15) is 4.32 Å². The van der Waals surface area contributed by atoms with Gasteiger partial charge in [-0.1, -0.05) is 60.4 Å². The van der Waals surface area contributed by atoms with Gasteiger partial charge in [-0.15, -0.1) is 0 Å². The largest absolute Gasteiger partial charge is 0.334 e. The number of thioether (sulfide) groups is 1. The first-order valence-corrected chi connectivity index (χ1v) is 8.55. The molecule has 22 heavy (non-hydrogen) atoms. The lowest BCUT2D eigenvalue weighted by atomic mass is 10.2. The lowest BCUT2D eigenvalue weighted by molar-refractivity contribution is 0.230. The summed E-state index contributed by atoms with van der Waals surface area (Å²) in [5.41, 5.74) is 1.69. The smallest absolute Gasteiger partial charge is 0.279 e. The highest BCUT2D eigenvalue weighted by Gasteiger charge is 2.28. The molecule has 0 aliphatic carbocycles. The maximum atomic E-state index is 13.1. The minimum absolute atomic E-state index is 0.0883. The molecule has 1 heterocycles. The van der Waals surface area contributed by atoms with Crippen LogP contribution in [0.3, 0.4) is 0 Å². The fourth-order valence-corrected chi connectivity index (χ4v) is 3.56. The Morgan fingerprint density at radius 3 is 2.05 bits per heavy atom. The van der Waals surface area contributed by atoms with Gasteiger partial charge in [0, 0.05) is 12.3 Å². The summed E-state index contributed by atoms with van der Waals surface area (Å²) in [7, 11) is 0. The predicted molar refractivity (Wildman–Crippen MR) is 96.8 cm³/mol. The van der Waals surface area contributed by atoms with Crippen LogP contribution in [0.5, 0.6) is 0 Å². The zero-order valence-corrected chi connectivity index (χ0v) is 13.6. The molecule has 0 radical (unpaired) electrons. The summed E-state index contributed by atoms with van der Waals surface area (Å²) in [6.45, 7) is 0.681. The summed E-state index contributed by atoms with van der Waals surface area (Å²) in [6.07, 6.45) is 0.966. The van der Waals surface area contributed by atoms with Gasteiger partial charge in [0.05, 0.1) is 11.4 Å². The van der Waals surface area contributed by atoms with E-state index in [2.05, 4.69) is 0 Å². The van der Waals surface area contributed by atoms with Crippen LogP contribution in [0, 0.1) is 0 Å². The SMILES string of the molecule is O=C(N1CCCSC1=S)N(c1ccccc1)c1ccccc1. The third-order valence-electron chi connectivity index (χ3n) is 3.42. The quantitative estimate of drug-likeness (QED) is 0.749. The highest BCUT2D eigenvalue weighted by molar-refractivity contribution is 8.23. The van der Waals surface area contributed by atoms with E-state index in [1.54, 1.807) is 21.6 Å². The number of nitrogens with zero attached hydrogens (tertiary/aromatic N) is 2. The van der Waals surface area contributed by atoms with Crippen molar-refractivity contribution in [3.8, 4) is 0 Å². The van der Waals surface area contributed by atoms with Crippen LogP contribution in [0.4, 0.5) is 16.2 Å². The Morgan fingerprint density at radius 1 is 1.00 bits per heavy atom. The molecular formula is C17H16N2OS2. The van der Waals surface area contributed by atoms with Crippen molar-refractivity contribution in [2.45, 2.75) is 6.42 Å². The number of benzene rings is 2. The monoisotopic (exact) mass is 328 g/mol. The molecule has 2 amide bonds. The van der Waals surface area contributed by atoms with Crippen LogP contribution >= 0.6 is 24.0 Å². The second-order valence-electron chi connectivity index (χ2n) is 4.91. The summed E-state index contributed by atoms with van der Waals surface area (Å²) in [6, 6.07) is 19.3. The number of amides is 2. The van der Waals surface area contributed by atoms with Gasteiger partial charge >= 0.3 is 6.03 Å². The van der Waals surface area contributed by atoms with Gasteiger partial charge in [-0.3, -0.25) is 9.80 Å². The van der Waals surface area contributed by atoms with Crippen LogP contribution in [0.15, 0.2) is 60.7 Å². The second kappa shape index (κ2) is 6.94. The fraction of sp³-hybridized carbons (Fsp3) is 0.176. The maximum Gasteiger partial charge on any atom is 0.334 e. The van der Waals surface area contributed by atoms with Gasteiger partial charge in [0.25, 0.3) is 0 Å². The van der Waals surface area contributed by atoms with Crippen molar-refractivity contribution in [2.24, 2.45) is 0 Å². The fourth-order valence-electron chi connectivity index (χ4n) is 2.37. The molecule has 5 heteroatoms. The number of hydrogen-bond donors (Lipinski definition) is 0. The molecule has 2 aromatic rings. The summed E-state index contributed by atoms with van der Waals surface area (Å²) in [5.74, 6) is 0.985. The van der Waals surface area contributed by atoms with E-state index in [1.165, 1.54) is 0 Å². The van der Waals surface area contributed by atoms with Crippen molar-refractivity contribution in [2.75, 3.05) is 17.2 Å². The molecule has 0 aromatic heterocycles.